The molecule has 10 heteroatoms. The second-order valence-corrected chi connectivity index (χ2v) is 7.71. The first-order valence-corrected chi connectivity index (χ1v) is 9.43. The number of aromatic nitrogens is 1. The Morgan fingerprint density at radius 1 is 1.29 bits per heavy atom. The number of nitro groups is 1. The van der Waals surface area contributed by atoms with E-state index in [1.54, 1.807) is 12.1 Å². The van der Waals surface area contributed by atoms with Crippen LogP contribution in [0.4, 0.5) is 15.2 Å². The molecule has 0 unspecified atom stereocenters. The fourth-order valence-electron chi connectivity index (χ4n) is 2.59. The van der Waals surface area contributed by atoms with Gasteiger partial charge in [-0.2, -0.15) is 0 Å². The molecule has 0 spiro atoms. The van der Waals surface area contributed by atoms with Gasteiger partial charge in [0.25, 0.3) is 11.6 Å². The van der Waals surface area contributed by atoms with E-state index in [9.17, 15) is 19.3 Å². The Hall–Kier alpha value is -2.62. The number of carbonyl (C=O) groups is 1. The monoisotopic (exact) mass is 422 g/mol. The van der Waals surface area contributed by atoms with Crippen molar-refractivity contribution in [2.45, 2.75) is 0 Å². The first-order valence-electron chi connectivity index (χ1n) is 8.23. The largest absolute Gasteiger partial charge is 0.308 e. The second kappa shape index (κ2) is 8.17. The molecule has 1 heterocycles. The summed E-state index contributed by atoms with van der Waals surface area (Å²) in [7, 11) is 3.67. The van der Waals surface area contributed by atoms with Gasteiger partial charge in [-0.15, -0.1) is 0 Å². The number of benzene rings is 2. The number of rotatable bonds is 6. The minimum Gasteiger partial charge on any atom is -0.308 e. The Morgan fingerprint density at radius 3 is 2.68 bits per heavy atom. The van der Waals surface area contributed by atoms with Crippen molar-refractivity contribution in [3.63, 3.8) is 0 Å². The van der Waals surface area contributed by atoms with E-state index >= 15 is 0 Å². The third-order valence-electron chi connectivity index (χ3n) is 3.99. The van der Waals surface area contributed by atoms with Crippen molar-refractivity contribution >= 4 is 49.9 Å². The van der Waals surface area contributed by atoms with E-state index in [1.165, 1.54) is 29.2 Å². The number of halogens is 2. The third-order valence-corrected chi connectivity index (χ3v) is 5.27. The lowest BCUT2D eigenvalue weighted by Crippen LogP contribution is -2.37. The van der Waals surface area contributed by atoms with E-state index in [2.05, 4.69) is 4.98 Å². The number of fused-ring (bicyclic) bond motifs is 1. The van der Waals surface area contributed by atoms with E-state index < -0.39 is 16.6 Å². The molecule has 0 fully saturated rings. The molecule has 7 nitrogen and oxygen atoms in total. The van der Waals surface area contributed by atoms with E-state index in [4.69, 9.17) is 11.6 Å². The van der Waals surface area contributed by atoms with Gasteiger partial charge in [0.1, 0.15) is 16.9 Å². The zero-order valence-electron chi connectivity index (χ0n) is 15.1. The Morgan fingerprint density at radius 2 is 2.04 bits per heavy atom. The smallest absolute Gasteiger partial charge is 0.282 e. The van der Waals surface area contributed by atoms with Crippen molar-refractivity contribution in [2.24, 2.45) is 0 Å². The Bertz CT molecular complexity index is 1060. The number of nitrogens with zero attached hydrogens (tertiary/aromatic N) is 4. The van der Waals surface area contributed by atoms with E-state index in [0.29, 0.717) is 11.2 Å². The molecule has 3 rings (SSSR count). The molecule has 146 valence electrons. The molecular formula is C18H16ClFN4O3S. The molecule has 28 heavy (non-hydrogen) atoms. The highest BCUT2D eigenvalue weighted by molar-refractivity contribution is 7.22. The van der Waals surface area contributed by atoms with Crippen LogP contribution in [0.25, 0.3) is 10.2 Å². The predicted octanol–water partition coefficient (Wildman–Crippen LogP) is 4.21. The maximum atomic E-state index is 14.0. The first-order chi connectivity index (χ1) is 13.3. The average Bonchev–Trinajstić information content (AvgIpc) is 3.06. The summed E-state index contributed by atoms with van der Waals surface area (Å²) in [5.41, 5.74) is -0.335. The standard InChI is InChI=1S/C18H16ClFN4O3S/c1-22(2)8-9-23(18-21-16-13(20)4-3-5-15(16)28-18)17(25)12-10-11(19)6-7-14(12)24(26)27/h3-7,10H,8-9H2,1-2H3. The lowest BCUT2D eigenvalue weighted by molar-refractivity contribution is -0.385. The molecule has 1 amide bonds. The van der Waals surface area contributed by atoms with E-state index in [1.807, 2.05) is 19.0 Å². The molecule has 0 saturated heterocycles. The molecule has 0 bridgehead atoms. The Labute approximate surface area is 169 Å². The molecule has 0 aliphatic rings. The summed E-state index contributed by atoms with van der Waals surface area (Å²) in [6.07, 6.45) is 0. The maximum Gasteiger partial charge on any atom is 0.282 e. The van der Waals surface area contributed by atoms with Crippen LogP contribution in [0.15, 0.2) is 36.4 Å². The highest BCUT2D eigenvalue weighted by Gasteiger charge is 2.28. The summed E-state index contributed by atoms with van der Waals surface area (Å²) in [4.78, 5) is 31.4. The van der Waals surface area contributed by atoms with Crippen LogP contribution in [0.3, 0.4) is 0 Å². The summed E-state index contributed by atoms with van der Waals surface area (Å²) in [5.74, 6) is -1.11. The van der Waals surface area contributed by atoms with Crippen LogP contribution in [0.2, 0.25) is 5.02 Å². The number of nitro benzene ring substituents is 1. The van der Waals surface area contributed by atoms with E-state index in [0.717, 1.165) is 11.3 Å². The molecular weight excluding hydrogens is 407 g/mol. The van der Waals surface area contributed by atoms with Gasteiger partial charge in [0.05, 0.1) is 9.62 Å². The van der Waals surface area contributed by atoms with Crippen molar-refractivity contribution < 1.29 is 14.1 Å². The van der Waals surface area contributed by atoms with Crippen molar-refractivity contribution in [2.75, 3.05) is 32.1 Å². The Kier molecular flexibility index (Phi) is 5.87. The molecule has 2 aromatic carbocycles. The average molecular weight is 423 g/mol. The lowest BCUT2D eigenvalue weighted by Gasteiger charge is -2.22. The van der Waals surface area contributed by atoms with Gasteiger partial charge in [-0.05, 0) is 38.4 Å². The number of hydrogen-bond acceptors (Lipinski definition) is 6. The minimum absolute atomic E-state index is 0.143. The summed E-state index contributed by atoms with van der Waals surface area (Å²) in [5, 5.41) is 11.8. The summed E-state index contributed by atoms with van der Waals surface area (Å²) < 4.78 is 14.6. The van der Waals surface area contributed by atoms with Gasteiger partial charge < -0.3 is 4.90 Å². The molecule has 1 aromatic heterocycles. The molecule has 3 aromatic rings. The van der Waals surface area contributed by atoms with Crippen LogP contribution in [-0.2, 0) is 0 Å². The first kappa shape index (κ1) is 20.1. The zero-order valence-corrected chi connectivity index (χ0v) is 16.6. The van der Waals surface area contributed by atoms with Crippen molar-refractivity contribution in [1.82, 2.24) is 9.88 Å². The highest BCUT2D eigenvalue weighted by atomic mass is 35.5. The van der Waals surface area contributed by atoms with Crippen molar-refractivity contribution in [1.29, 1.82) is 0 Å². The summed E-state index contributed by atoms with van der Waals surface area (Å²) in [6, 6.07) is 8.37. The number of thiazole rings is 1. The summed E-state index contributed by atoms with van der Waals surface area (Å²) >= 11 is 7.11. The maximum absolute atomic E-state index is 14.0. The lowest BCUT2D eigenvalue weighted by atomic mass is 10.1. The number of para-hydroxylation sites is 1. The van der Waals surface area contributed by atoms with Gasteiger partial charge in [0.15, 0.2) is 5.13 Å². The quantitative estimate of drug-likeness (QED) is 0.439. The molecule has 0 atom stereocenters. The minimum atomic E-state index is -0.633. The predicted molar refractivity (Wildman–Crippen MR) is 108 cm³/mol. The number of anilines is 1. The van der Waals surface area contributed by atoms with Gasteiger partial charge in [-0.25, -0.2) is 9.37 Å². The van der Waals surface area contributed by atoms with Crippen LogP contribution in [0.1, 0.15) is 10.4 Å². The van der Waals surface area contributed by atoms with Gasteiger partial charge in [0, 0.05) is 24.2 Å². The summed E-state index contributed by atoms with van der Waals surface area (Å²) in [6.45, 7) is 0.704. The number of hydrogen-bond donors (Lipinski definition) is 0. The fourth-order valence-corrected chi connectivity index (χ4v) is 3.76. The molecule has 0 radical (unpaired) electrons. The molecule has 0 aliphatic carbocycles. The van der Waals surface area contributed by atoms with Gasteiger partial charge >= 0.3 is 0 Å². The van der Waals surface area contributed by atoms with Gasteiger partial charge in [-0.1, -0.05) is 29.0 Å². The number of carbonyl (C=O) groups excluding carboxylic acids is 1. The van der Waals surface area contributed by atoms with Crippen molar-refractivity contribution in [3.05, 3.63) is 62.9 Å². The molecule has 0 N–H and O–H groups in total. The Balaban J connectivity index is 2.09. The van der Waals surface area contributed by atoms with Crippen LogP contribution in [0, 0.1) is 15.9 Å². The van der Waals surface area contributed by atoms with Crippen LogP contribution < -0.4 is 4.90 Å². The SMILES string of the molecule is CN(C)CCN(C(=O)c1cc(Cl)ccc1[N+](=O)[O-])c1nc2c(F)cccc2s1. The molecule has 0 aliphatic heterocycles. The number of amides is 1. The van der Waals surface area contributed by atoms with Crippen LogP contribution in [0.5, 0.6) is 0 Å². The van der Waals surface area contributed by atoms with Crippen LogP contribution in [-0.4, -0.2) is 47.9 Å². The second-order valence-electron chi connectivity index (χ2n) is 6.26. The normalized spacial score (nSPS) is 11.2. The highest BCUT2D eigenvalue weighted by Crippen LogP contribution is 2.32. The van der Waals surface area contributed by atoms with Gasteiger partial charge in [0.2, 0.25) is 0 Å². The zero-order chi connectivity index (χ0) is 20.4. The van der Waals surface area contributed by atoms with Gasteiger partial charge in [-0.3, -0.25) is 19.8 Å². The van der Waals surface area contributed by atoms with Crippen molar-refractivity contribution in [3.8, 4) is 0 Å². The topological polar surface area (TPSA) is 79.6 Å². The third kappa shape index (κ3) is 4.11. The number of likely N-dealkylation sites (N-methyl/N-ethyl adjacent to an activating group) is 1. The van der Waals surface area contributed by atoms with E-state index in [-0.39, 0.29) is 33.5 Å². The fraction of sp³-hybridized carbons (Fsp3) is 0.222. The van der Waals surface area contributed by atoms with Crippen LogP contribution >= 0.6 is 22.9 Å². The molecule has 0 saturated carbocycles.